The molecule has 10 aromatic rings. The number of aromatic nitrogens is 5. The summed E-state index contributed by atoms with van der Waals surface area (Å²) in [6.07, 6.45) is 0.200. The molecule has 9 N–H and O–H groups in total. The van der Waals surface area contributed by atoms with Gasteiger partial charge in [-0.2, -0.15) is 72.5 Å². The molecule has 0 radical (unpaired) electrons. The fourth-order valence-electron chi connectivity index (χ4n) is 10.4. The van der Waals surface area contributed by atoms with Gasteiger partial charge < -0.3 is 25.6 Å². The van der Waals surface area contributed by atoms with Gasteiger partial charge in [0.2, 0.25) is 17.8 Å². The third-order valence-electron chi connectivity index (χ3n) is 15.5. The summed E-state index contributed by atoms with van der Waals surface area (Å²) in [5, 5.41) is 85.8. The summed E-state index contributed by atoms with van der Waals surface area (Å²) in [5.41, 5.74) is 0.490. The quantitative estimate of drug-likeness (QED) is 0.00445. The van der Waals surface area contributed by atoms with Crippen molar-refractivity contribution in [1.29, 1.82) is 5.26 Å². The van der Waals surface area contributed by atoms with Crippen LogP contribution in [0.4, 0.5) is 74.5 Å². The number of aromatic carboxylic acids is 1. The van der Waals surface area contributed by atoms with Gasteiger partial charge >= 0.3 is 5.97 Å². The number of thioether (sulfide) groups is 2. The second kappa shape index (κ2) is 35.6. The standard InChI is InChI=1S/C66H61N17O21S8/c1-4-13-42-44(36-67)61-69-45-17-6-7-18-54(45)82(61)62(84)60(42)81-78-51-28-37(2)47(33-55(51)104-22-10-25-108(89,90)91)75-80-53-32-49(70-65-71-64(68-39-14-9-15-41(30-39)111(98,99)100)72-66(73-65)107-56-19-8-5-16-43(56)63(85)86)50(35-58(53)106-24-12-27-110(95,96)97)77-79-52-29-38(3)48(34-57(52)105-23-11-26-109(92,93)94)76-74-46-21-20-40(83(87)88)31-59(46)112(101,102)103/h5-9,14-21,28-35,84H,4,10-13,22-27H2,1-3H3,(H,85,86)(H,89,90,91)(H,92,93,94)(H,95,96,97)(H,98,99,100)(H,101,102,103)(H2,68,70,71,72,73). The second-order valence-corrected chi connectivity index (χ2v) is 34.6. The summed E-state index contributed by atoms with van der Waals surface area (Å²) >= 11 is 2.73. The number of para-hydroxylation sites is 2. The number of azo groups is 4. The Morgan fingerprint density at radius 1 is 0.607 bits per heavy atom. The first-order valence-electron chi connectivity index (χ1n) is 32.5. The van der Waals surface area contributed by atoms with Crippen LogP contribution in [0, 0.1) is 35.3 Å². The van der Waals surface area contributed by atoms with Gasteiger partial charge in [-0.25, -0.2) is 9.78 Å². The van der Waals surface area contributed by atoms with Crippen LogP contribution in [0.3, 0.4) is 0 Å². The SMILES string of the molecule is CCCc1c(N=Nc2cc(C)c(N=Nc3cc(Nc4nc(Nc5cccc(S(=O)(=O)O)c5)nc(Sc5ccccc5C(=O)O)n4)c(N=Nc4cc(C)c(N=Nc5ccc([N+](=O)[O-])cc5S(=O)(=O)O)cc4SCCCS(=O)(=O)O)cc3SCCCS(=O)(=O)O)cc2OCCCS(=O)(=O)O)c(O)n2c(nc3ccccc32)c1C#N. The Balaban J connectivity index is 1.16. The zero-order valence-electron chi connectivity index (χ0n) is 58.2. The molecule has 0 saturated carbocycles. The zero-order valence-corrected chi connectivity index (χ0v) is 64.8. The number of benzene rings is 7. The van der Waals surface area contributed by atoms with Crippen molar-refractivity contribution in [2.45, 2.75) is 82.5 Å². The molecule has 0 atom stereocenters. The highest BCUT2D eigenvalue weighted by atomic mass is 32.2. The Morgan fingerprint density at radius 2 is 1.18 bits per heavy atom. The number of aryl methyl sites for hydroxylation is 2. The number of nitro groups is 1. The molecule has 46 heteroatoms. The molecular formula is C66H61N17O21S8. The number of carboxylic acids is 1. The number of aromatic hydroxyl groups is 1. The van der Waals surface area contributed by atoms with Crippen LogP contribution in [0.25, 0.3) is 16.7 Å². The van der Waals surface area contributed by atoms with E-state index in [-0.39, 0.29) is 155 Å². The Hall–Kier alpha value is -10.9. The maximum absolute atomic E-state index is 12.5. The minimum absolute atomic E-state index is 0.0118. The maximum atomic E-state index is 12.5. The molecule has 38 nitrogen and oxygen atoms in total. The van der Waals surface area contributed by atoms with E-state index in [0.29, 0.717) is 34.6 Å². The first-order valence-corrected chi connectivity index (χ1v) is 43.0. The molecule has 0 bridgehead atoms. The molecule has 112 heavy (non-hydrogen) atoms. The smallest absolute Gasteiger partial charge is 0.336 e. The van der Waals surface area contributed by atoms with Crippen molar-refractivity contribution in [2.24, 2.45) is 40.9 Å². The Bertz CT molecular complexity index is 6170. The van der Waals surface area contributed by atoms with Crippen molar-refractivity contribution in [3.63, 3.8) is 0 Å². The van der Waals surface area contributed by atoms with E-state index >= 15 is 0 Å². The topological polar surface area (TPSA) is 584 Å². The van der Waals surface area contributed by atoms with Crippen LogP contribution in [0.5, 0.6) is 11.6 Å². The number of non-ortho nitro benzene ring substituents is 1. The van der Waals surface area contributed by atoms with Crippen LogP contribution in [0.15, 0.2) is 198 Å². The minimum Gasteiger partial charge on any atom is -0.493 e. The molecular weight excluding hydrogens is 1620 g/mol. The van der Waals surface area contributed by atoms with E-state index in [0.717, 1.165) is 59.6 Å². The Morgan fingerprint density at radius 3 is 1.80 bits per heavy atom. The number of nitrogens with one attached hydrogen (secondary N) is 2. The van der Waals surface area contributed by atoms with Gasteiger partial charge in [-0.1, -0.05) is 43.7 Å². The summed E-state index contributed by atoms with van der Waals surface area (Å²) in [6, 6.07) is 30.6. The number of nitriles is 1. The molecule has 7 aromatic carbocycles. The zero-order chi connectivity index (χ0) is 81.0. The van der Waals surface area contributed by atoms with E-state index in [9.17, 15) is 95.2 Å². The largest absolute Gasteiger partial charge is 0.493 e. The molecule has 0 spiro atoms. The molecule has 584 valence electrons. The Labute approximate surface area is 650 Å². The number of pyridine rings is 1. The first kappa shape index (κ1) is 83.5. The summed E-state index contributed by atoms with van der Waals surface area (Å²) in [5.74, 6) is -4.65. The van der Waals surface area contributed by atoms with Crippen LogP contribution in [0.2, 0.25) is 0 Å². The van der Waals surface area contributed by atoms with Gasteiger partial charge in [0.05, 0.1) is 73.0 Å². The predicted octanol–water partition coefficient (Wildman–Crippen LogP) is 15.6. The van der Waals surface area contributed by atoms with Gasteiger partial charge in [0.15, 0.2) is 16.5 Å². The van der Waals surface area contributed by atoms with Gasteiger partial charge in [-0.3, -0.25) is 37.3 Å². The van der Waals surface area contributed by atoms with Crippen molar-refractivity contribution in [1.82, 2.24) is 24.3 Å². The van der Waals surface area contributed by atoms with E-state index in [4.69, 9.17) is 4.74 Å². The lowest BCUT2D eigenvalue weighted by atomic mass is 10.0. The monoisotopic (exact) mass is 1680 g/mol. The number of nitrogens with zero attached hydrogens (tertiary/aromatic N) is 15. The lowest BCUT2D eigenvalue weighted by molar-refractivity contribution is -0.385. The summed E-state index contributed by atoms with van der Waals surface area (Å²) in [6.45, 7) is 4.62. The van der Waals surface area contributed by atoms with Gasteiger partial charge in [0.1, 0.15) is 45.0 Å². The average molecular weight is 1680 g/mol. The normalized spacial score (nSPS) is 12.5. The van der Waals surface area contributed by atoms with Crippen LogP contribution in [-0.2, 0) is 57.0 Å². The van der Waals surface area contributed by atoms with Crippen molar-refractivity contribution >= 4 is 183 Å². The molecule has 0 aliphatic rings. The van der Waals surface area contributed by atoms with E-state index in [1.165, 1.54) is 78.1 Å². The van der Waals surface area contributed by atoms with E-state index in [2.05, 4.69) is 77.6 Å². The first-order chi connectivity index (χ1) is 52.9. The van der Waals surface area contributed by atoms with E-state index in [1.54, 1.807) is 37.3 Å². The lowest BCUT2D eigenvalue weighted by Gasteiger charge is -2.15. The molecule has 0 unspecified atom stereocenters. The molecule has 0 aliphatic carbocycles. The van der Waals surface area contributed by atoms with E-state index < -0.39 is 106 Å². The molecule has 0 saturated heterocycles. The third-order valence-corrected chi connectivity index (χ3v) is 22.9. The van der Waals surface area contributed by atoms with Gasteiger partial charge in [0, 0.05) is 44.1 Å². The van der Waals surface area contributed by atoms with E-state index in [1.807, 2.05) is 6.92 Å². The number of hydrogen-bond donors (Lipinski definition) is 9. The van der Waals surface area contributed by atoms with Gasteiger partial charge in [-0.15, -0.1) is 54.2 Å². The minimum atomic E-state index is -5.13. The number of imidazole rings is 1. The molecule has 0 amide bonds. The maximum Gasteiger partial charge on any atom is 0.336 e. The van der Waals surface area contributed by atoms with Crippen molar-refractivity contribution in [3.05, 3.63) is 165 Å². The average Bonchev–Trinajstić information content (AvgIpc) is 1.59. The number of carboxylic acid groups (broad SMARTS) is 1. The number of carbonyl (C=O) groups is 1. The fraction of sp³-hybridized carbons (Fsp3) is 0.212. The predicted molar refractivity (Wildman–Crippen MR) is 412 cm³/mol. The summed E-state index contributed by atoms with van der Waals surface area (Å²) in [7, 11) is -23.4. The van der Waals surface area contributed by atoms with Crippen molar-refractivity contribution < 1.29 is 89.5 Å². The molecule has 10 rings (SSSR count). The lowest BCUT2D eigenvalue weighted by Crippen LogP contribution is -2.08. The molecule has 3 aromatic heterocycles. The van der Waals surface area contributed by atoms with Crippen molar-refractivity contribution in [3.8, 4) is 17.7 Å². The van der Waals surface area contributed by atoms with Crippen LogP contribution < -0.4 is 15.4 Å². The highest BCUT2D eigenvalue weighted by molar-refractivity contribution is 8.00. The second-order valence-electron chi connectivity index (χ2n) is 23.8. The number of anilines is 4. The number of hydrogen-bond acceptors (Lipinski definition) is 33. The fourth-order valence-corrected chi connectivity index (χ4v) is 16.2. The van der Waals surface area contributed by atoms with Crippen LogP contribution >= 0.6 is 35.3 Å². The Kier molecular flexibility index (Phi) is 26.6. The van der Waals surface area contributed by atoms with Crippen LogP contribution in [0.1, 0.15) is 65.2 Å². The summed E-state index contributed by atoms with van der Waals surface area (Å²) in [4.78, 5) is 40.5. The highest BCUT2D eigenvalue weighted by Crippen LogP contribution is 2.47. The number of ether oxygens (including phenoxy) is 1. The van der Waals surface area contributed by atoms with Crippen LogP contribution in [-0.4, -0.2) is 146 Å². The number of fused-ring (bicyclic) bond motifs is 3. The van der Waals surface area contributed by atoms with Crippen molar-refractivity contribution in [2.75, 3.05) is 46.0 Å². The van der Waals surface area contributed by atoms with Gasteiger partial charge in [0.25, 0.3) is 56.3 Å². The van der Waals surface area contributed by atoms with Gasteiger partial charge in [-0.05, 0) is 153 Å². The molecule has 0 aliphatic heterocycles. The highest BCUT2D eigenvalue weighted by Gasteiger charge is 2.26. The molecule has 3 heterocycles. The summed E-state index contributed by atoms with van der Waals surface area (Å²) < 4.78 is 178. The third kappa shape index (κ3) is 22.2. The number of nitro benzene ring substituents is 1. The molecule has 0 fully saturated rings. The number of rotatable bonds is 35.